The van der Waals surface area contributed by atoms with Gasteiger partial charge in [0, 0.05) is 32.7 Å². The third-order valence-electron chi connectivity index (χ3n) is 6.57. The highest BCUT2D eigenvalue weighted by atomic mass is 16.7. The number of amides is 2. The number of hydrogen-bond donors (Lipinski definition) is 2. The topological polar surface area (TPSA) is 101 Å². The Labute approximate surface area is 215 Å². The van der Waals surface area contributed by atoms with Crippen LogP contribution in [0.15, 0.2) is 72.8 Å². The Morgan fingerprint density at radius 1 is 0.865 bits per heavy atom. The van der Waals surface area contributed by atoms with Crippen molar-refractivity contribution in [3.05, 3.63) is 83.9 Å². The third-order valence-corrected chi connectivity index (χ3v) is 6.57. The van der Waals surface area contributed by atoms with Crippen LogP contribution >= 0.6 is 0 Å². The van der Waals surface area contributed by atoms with Crippen LogP contribution < -0.4 is 19.7 Å². The van der Waals surface area contributed by atoms with Crippen LogP contribution in [-0.4, -0.2) is 59.8 Å². The van der Waals surface area contributed by atoms with Crippen molar-refractivity contribution in [2.24, 2.45) is 5.92 Å². The molecule has 9 nitrogen and oxygen atoms in total. The molecule has 2 heterocycles. The van der Waals surface area contributed by atoms with Gasteiger partial charge in [-0.3, -0.25) is 19.7 Å². The number of ether oxygens (including phenoxy) is 3. The fourth-order valence-electron chi connectivity index (χ4n) is 4.61. The van der Waals surface area contributed by atoms with Gasteiger partial charge in [0.2, 0.25) is 12.7 Å². The normalized spacial score (nSPS) is 15.8. The van der Waals surface area contributed by atoms with Crippen molar-refractivity contribution in [2.75, 3.05) is 33.0 Å². The number of carbonyl (C=O) groups is 2. The van der Waals surface area contributed by atoms with E-state index in [1.807, 2.05) is 66.7 Å². The molecule has 1 fully saturated rings. The van der Waals surface area contributed by atoms with E-state index in [1.165, 1.54) is 0 Å². The number of hydroxylamine groups is 1. The average Bonchev–Trinajstić information content (AvgIpc) is 3.40. The standard InChI is InChI=1S/C28H29N3O6/c32-27(29-34)24(16-20-5-4-8-23(15-20)37-22-6-2-1-3-7-22)28(33)31-13-11-30(12-14-31)18-21-9-10-25-26(17-21)36-19-35-25/h1-10,15,17,24,34H,11-14,16,18-19H2,(H,29,32). The van der Waals surface area contributed by atoms with E-state index in [1.54, 1.807) is 16.4 Å². The maximum atomic E-state index is 13.3. The molecule has 2 amide bonds. The maximum absolute atomic E-state index is 13.3. The van der Waals surface area contributed by atoms with Crippen molar-refractivity contribution < 1.29 is 29.0 Å². The summed E-state index contributed by atoms with van der Waals surface area (Å²) in [4.78, 5) is 29.8. The number of piperazine rings is 1. The van der Waals surface area contributed by atoms with E-state index >= 15 is 0 Å². The molecule has 9 heteroatoms. The van der Waals surface area contributed by atoms with Gasteiger partial charge in [0.05, 0.1) is 0 Å². The molecule has 2 aliphatic heterocycles. The zero-order chi connectivity index (χ0) is 25.6. The number of nitrogens with one attached hydrogen (secondary N) is 1. The average molecular weight is 504 g/mol. The van der Waals surface area contributed by atoms with E-state index in [4.69, 9.17) is 14.2 Å². The number of rotatable bonds is 8. The lowest BCUT2D eigenvalue weighted by atomic mass is 9.96. The summed E-state index contributed by atoms with van der Waals surface area (Å²) in [5.41, 5.74) is 3.54. The van der Waals surface area contributed by atoms with Gasteiger partial charge in [-0.25, -0.2) is 5.48 Å². The molecule has 2 aliphatic rings. The quantitative estimate of drug-likeness (QED) is 0.277. The van der Waals surface area contributed by atoms with Crippen molar-refractivity contribution in [1.29, 1.82) is 0 Å². The van der Waals surface area contributed by atoms with Crippen molar-refractivity contribution >= 4 is 11.8 Å². The molecule has 37 heavy (non-hydrogen) atoms. The first-order chi connectivity index (χ1) is 18.1. The van der Waals surface area contributed by atoms with Crippen LogP contribution in [0, 0.1) is 5.92 Å². The molecule has 0 saturated carbocycles. The van der Waals surface area contributed by atoms with Gasteiger partial charge in [0.1, 0.15) is 17.4 Å². The summed E-state index contributed by atoms with van der Waals surface area (Å²) in [7, 11) is 0. The zero-order valence-corrected chi connectivity index (χ0v) is 20.3. The van der Waals surface area contributed by atoms with Crippen LogP contribution in [0.1, 0.15) is 11.1 Å². The Bertz CT molecular complexity index is 1240. The van der Waals surface area contributed by atoms with Crippen LogP contribution in [0.25, 0.3) is 0 Å². The molecular formula is C28H29N3O6. The lowest BCUT2D eigenvalue weighted by Gasteiger charge is -2.36. The SMILES string of the molecule is O=C(NO)C(Cc1cccc(Oc2ccccc2)c1)C(=O)N1CCN(Cc2ccc3c(c2)OCO3)CC1. The summed E-state index contributed by atoms with van der Waals surface area (Å²) in [6.45, 7) is 3.31. The highest BCUT2D eigenvalue weighted by Gasteiger charge is 2.33. The van der Waals surface area contributed by atoms with Gasteiger partial charge in [-0.05, 0) is 53.9 Å². The van der Waals surface area contributed by atoms with Crippen molar-refractivity contribution in [3.63, 3.8) is 0 Å². The minimum absolute atomic E-state index is 0.147. The van der Waals surface area contributed by atoms with Gasteiger partial charge in [-0.15, -0.1) is 0 Å². The lowest BCUT2D eigenvalue weighted by Crippen LogP contribution is -2.52. The fourth-order valence-corrected chi connectivity index (χ4v) is 4.61. The van der Waals surface area contributed by atoms with Crippen LogP contribution in [0.5, 0.6) is 23.0 Å². The summed E-state index contributed by atoms with van der Waals surface area (Å²) in [6, 6.07) is 22.6. The minimum Gasteiger partial charge on any atom is -0.457 e. The molecule has 192 valence electrons. The first kappa shape index (κ1) is 24.6. The van der Waals surface area contributed by atoms with Crippen LogP contribution in [0.3, 0.4) is 0 Å². The van der Waals surface area contributed by atoms with Gasteiger partial charge < -0.3 is 19.1 Å². The van der Waals surface area contributed by atoms with Gasteiger partial charge in [0.15, 0.2) is 11.5 Å². The van der Waals surface area contributed by atoms with Gasteiger partial charge in [-0.1, -0.05) is 36.4 Å². The Morgan fingerprint density at radius 3 is 2.41 bits per heavy atom. The second kappa shape index (κ2) is 11.3. The molecule has 1 unspecified atom stereocenters. The maximum Gasteiger partial charge on any atom is 0.256 e. The van der Waals surface area contributed by atoms with E-state index in [2.05, 4.69) is 4.90 Å². The molecule has 2 N–H and O–H groups in total. The van der Waals surface area contributed by atoms with E-state index in [9.17, 15) is 14.8 Å². The van der Waals surface area contributed by atoms with E-state index < -0.39 is 11.8 Å². The molecule has 3 aromatic carbocycles. The highest BCUT2D eigenvalue weighted by Crippen LogP contribution is 2.33. The number of benzene rings is 3. The zero-order valence-electron chi connectivity index (χ0n) is 20.3. The van der Waals surface area contributed by atoms with Gasteiger partial charge in [0.25, 0.3) is 5.91 Å². The van der Waals surface area contributed by atoms with E-state index in [-0.39, 0.29) is 19.1 Å². The fraction of sp³-hybridized carbons (Fsp3) is 0.286. The van der Waals surface area contributed by atoms with E-state index in [0.717, 1.165) is 29.2 Å². The molecule has 0 radical (unpaired) electrons. The summed E-state index contributed by atoms with van der Waals surface area (Å²) >= 11 is 0. The summed E-state index contributed by atoms with van der Waals surface area (Å²) < 4.78 is 16.7. The molecule has 0 bridgehead atoms. The number of hydrogen-bond acceptors (Lipinski definition) is 7. The van der Waals surface area contributed by atoms with E-state index in [0.29, 0.717) is 37.7 Å². The molecular weight excluding hydrogens is 474 g/mol. The van der Waals surface area contributed by atoms with Crippen LogP contribution in [0.4, 0.5) is 0 Å². The molecule has 5 rings (SSSR count). The Hall–Kier alpha value is -4.08. The predicted molar refractivity (Wildman–Crippen MR) is 135 cm³/mol. The van der Waals surface area contributed by atoms with Crippen molar-refractivity contribution in [1.82, 2.24) is 15.3 Å². The number of fused-ring (bicyclic) bond motifs is 1. The van der Waals surface area contributed by atoms with Crippen molar-refractivity contribution in [3.8, 4) is 23.0 Å². The number of nitrogens with zero attached hydrogens (tertiary/aromatic N) is 2. The Balaban J connectivity index is 1.20. The molecule has 1 saturated heterocycles. The Kier molecular flexibility index (Phi) is 7.53. The molecule has 0 aliphatic carbocycles. The summed E-state index contributed by atoms with van der Waals surface area (Å²) in [6.07, 6.45) is 0.147. The second-order valence-electron chi connectivity index (χ2n) is 9.08. The third kappa shape index (κ3) is 6.02. The Morgan fingerprint density at radius 2 is 1.62 bits per heavy atom. The largest absolute Gasteiger partial charge is 0.457 e. The summed E-state index contributed by atoms with van der Waals surface area (Å²) in [5, 5.41) is 9.33. The smallest absolute Gasteiger partial charge is 0.256 e. The molecule has 3 aromatic rings. The molecule has 0 spiro atoms. The van der Waals surface area contributed by atoms with Gasteiger partial charge in [-0.2, -0.15) is 0 Å². The first-order valence-corrected chi connectivity index (χ1v) is 12.2. The predicted octanol–water partition coefficient (Wildman–Crippen LogP) is 3.22. The second-order valence-corrected chi connectivity index (χ2v) is 9.08. The van der Waals surface area contributed by atoms with Crippen LogP contribution in [0.2, 0.25) is 0 Å². The minimum atomic E-state index is -1.04. The molecule has 0 aromatic heterocycles. The van der Waals surface area contributed by atoms with Crippen molar-refractivity contribution in [2.45, 2.75) is 13.0 Å². The van der Waals surface area contributed by atoms with Gasteiger partial charge >= 0.3 is 0 Å². The number of carbonyl (C=O) groups excluding carboxylic acids is 2. The highest BCUT2D eigenvalue weighted by molar-refractivity contribution is 6.00. The lowest BCUT2D eigenvalue weighted by molar-refractivity contribution is -0.147. The monoisotopic (exact) mass is 503 g/mol. The first-order valence-electron chi connectivity index (χ1n) is 12.2. The number of para-hydroxylation sites is 1. The summed E-state index contributed by atoms with van der Waals surface area (Å²) in [5.74, 6) is 0.741. The van der Waals surface area contributed by atoms with Crippen LogP contribution in [-0.2, 0) is 22.6 Å². The molecule has 1 atom stereocenters.